The van der Waals surface area contributed by atoms with Crippen LogP contribution in [0.1, 0.15) is 114 Å². The number of carbonyl (C=O) groups is 4. The summed E-state index contributed by atoms with van der Waals surface area (Å²) in [5.41, 5.74) is -0.862. The average molecular weight is 849 g/mol. The highest BCUT2D eigenvalue weighted by atomic mass is 32.1. The Kier molecular flexibility index (Phi) is 12.2. The minimum atomic E-state index is -4.82. The number of piperidine rings is 2. The number of Topliss-reactive ketones (excluding diaryl/α,β-unsaturated/α-hetero) is 1. The fourth-order valence-electron chi connectivity index (χ4n) is 9.91. The molecule has 3 saturated heterocycles. The summed E-state index contributed by atoms with van der Waals surface area (Å²) < 4.78 is 49.4. The van der Waals surface area contributed by atoms with E-state index < -0.39 is 34.8 Å². The second-order valence-corrected chi connectivity index (χ2v) is 17.8. The Hall–Kier alpha value is -4.79. The number of pyridine rings is 1. The van der Waals surface area contributed by atoms with Gasteiger partial charge in [0.25, 0.3) is 5.91 Å². The molecule has 60 heavy (non-hydrogen) atoms. The zero-order chi connectivity index (χ0) is 43.3. The molecule has 4 fully saturated rings. The molecule has 0 bridgehead atoms. The molecule has 1 aliphatic carbocycles. The van der Waals surface area contributed by atoms with Gasteiger partial charge in [0.2, 0.25) is 11.8 Å². The van der Waals surface area contributed by atoms with Crippen LogP contribution in [0.2, 0.25) is 0 Å². The van der Waals surface area contributed by atoms with Crippen molar-refractivity contribution in [2.75, 3.05) is 18.1 Å². The van der Waals surface area contributed by atoms with Gasteiger partial charge in [0.15, 0.2) is 16.6 Å². The molecule has 17 heteroatoms. The van der Waals surface area contributed by atoms with E-state index in [0.29, 0.717) is 31.2 Å². The third kappa shape index (κ3) is 8.42. The Morgan fingerprint density at radius 2 is 1.78 bits per heavy atom. The first-order valence-corrected chi connectivity index (χ1v) is 21.1. The number of thiocarbonyl (C=S) groups is 1. The number of ether oxygens (including phenoxy) is 1. The van der Waals surface area contributed by atoms with Crippen molar-refractivity contribution in [2.45, 2.75) is 134 Å². The van der Waals surface area contributed by atoms with Gasteiger partial charge in [-0.1, -0.05) is 18.2 Å². The summed E-state index contributed by atoms with van der Waals surface area (Å²) in [4.78, 5) is 60.5. The van der Waals surface area contributed by atoms with Gasteiger partial charge >= 0.3 is 6.18 Å². The van der Waals surface area contributed by atoms with Gasteiger partial charge in [0.1, 0.15) is 11.6 Å². The molecule has 4 atom stereocenters. The van der Waals surface area contributed by atoms with Crippen LogP contribution in [0.25, 0.3) is 10.9 Å². The molecule has 1 N–H and O–H groups in total. The number of nitriles is 1. The number of carbonyl (C=O) groups excluding carboxylic acids is 4. The number of rotatable bonds is 11. The van der Waals surface area contributed by atoms with Gasteiger partial charge in [-0.25, -0.2) is 4.98 Å². The first-order valence-electron chi connectivity index (χ1n) is 20.7. The number of ketones is 1. The monoisotopic (exact) mass is 848 g/mol. The Morgan fingerprint density at radius 3 is 2.43 bits per heavy atom. The number of aryl methyl sites for hydroxylation is 1. The first kappa shape index (κ1) is 43.3. The number of anilines is 1. The van der Waals surface area contributed by atoms with Crippen LogP contribution in [-0.2, 0) is 43.6 Å². The van der Waals surface area contributed by atoms with Crippen molar-refractivity contribution in [3.8, 4) is 6.07 Å². The molecule has 7 rings (SSSR count). The normalized spacial score (nSPS) is 26.4. The van der Waals surface area contributed by atoms with Crippen molar-refractivity contribution in [1.29, 1.82) is 5.26 Å². The minimum absolute atomic E-state index is 0.0619. The second-order valence-electron chi connectivity index (χ2n) is 17.4. The molecule has 320 valence electrons. The summed E-state index contributed by atoms with van der Waals surface area (Å²) in [5.74, 6) is -1.06. The van der Waals surface area contributed by atoms with Crippen molar-refractivity contribution in [1.82, 2.24) is 29.9 Å². The van der Waals surface area contributed by atoms with Crippen LogP contribution < -0.4 is 10.2 Å². The predicted octanol–water partition coefficient (Wildman–Crippen LogP) is 6.11. The van der Waals surface area contributed by atoms with Gasteiger partial charge in [-0.2, -0.15) is 23.5 Å². The number of alkyl halides is 3. The van der Waals surface area contributed by atoms with Gasteiger partial charge in [-0.15, -0.1) is 0 Å². The van der Waals surface area contributed by atoms with Gasteiger partial charge in [0.05, 0.1) is 47.2 Å². The quantitative estimate of drug-likeness (QED) is 0.176. The van der Waals surface area contributed by atoms with Crippen LogP contribution in [-0.4, -0.2) is 96.1 Å². The van der Waals surface area contributed by atoms with Gasteiger partial charge in [-0.3, -0.25) is 39.0 Å². The lowest BCUT2D eigenvalue weighted by atomic mass is 9.82. The van der Waals surface area contributed by atoms with Crippen LogP contribution in [0.3, 0.4) is 0 Å². The molecule has 13 nitrogen and oxygen atoms in total. The Morgan fingerprint density at radius 1 is 1.08 bits per heavy atom. The molecule has 1 saturated carbocycles. The maximum Gasteiger partial charge on any atom is 0.419 e. The largest absolute Gasteiger partial charge is 0.419 e. The molecule has 0 spiro atoms. The van der Waals surface area contributed by atoms with Crippen LogP contribution in [0.5, 0.6) is 0 Å². The van der Waals surface area contributed by atoms with Crippen molar-refractivity contribution in [2.24, 2.45) is 13.0 Å². The third-order valence-corrected chi connectivity index (χ3v) is 13.3. The number of hydrogen-bond donors (Lipinski definition) is 1. The number of hydrogen-bond acceptors (Lipinski definition) is 10. The lowest BCUT2D eigenvalue weighted by molar-refractivity contribution is -0.138. The molecule has 4 aliphatic rings. The number of halogens is 3. The Labute approximate surface area is 352 Å². The lowest BCUT2D eigenvalue weighted by Crippen LogP contribution is -2.51. The third-order valence-electron chi connectivity index (χ3n) is 13.0. The molecule has 3 amide bonds. The van der Waals surface area contributed by atoms with Crippen LogP contribution in [0.4, 0.5) is 18.9 Å². The highest BCUT2D eigenvalue weighted by molar-refractivity contribution is 7.80. The maximum atomic E-state index is 13.7. The predicted molar refractivity (Wildman–Crippen MR) is 219 cm³/mol. The summed E-state index contributed by atoms with van der Waals surface area (Å²) in [6, 6.07) is 8.20. The molecular weight excluding hydrogens is 798 g/mol. The summed E-state index contributed by atoms with van der Waals surface area (Å²) in [7, 11) is 1.81. The fraction of sp³-hybridized carbons (Fsp3) is 0.581. The number of likely N-dealkylation sites (tertiary alicyclic amines) is 1. The van der Waals surface area contributed by atoms with E-state index in [1.54, 1.807) is 18.5 Å². The summed E-state index contributed by atoms with van der Waals surface area (Å²) in [6.07, 6.45) is 3.07. The molecule has 2 aromatic heterocycles. The van der Waals surface area contributed by atoms with E-state index in [1.807, 2.05) is 30.1 Å². The number of para-hydroxylation sites is 1. The number of imide groups is 1. The van der Waals surface area contributed by atoms with Crippen molar-refractivity contribution in [3.63, 3.8) is 0 Å². The molecule has 0 radical (unpaired) electrons. The minimum Gasteiger partial charge on any atom is -0.378 e. The maximum absolute atomic E-state index is 13.7. The van der Waals surface area contributed by atoms with Crippen molar-refractivity contribution in [3.05, 3.63) is 53.0 Å². The first-order chi connectivity index (χ1) is 28.4. The molecule has 2 unspecified atom stereocenters. The van der Waals surface area contributed by atoms with E-state index in [-0.39, 0.29) is 65.5 Å². The highest BCUT2D eigenvalue weighted by Crippen LogP contribution is 2.41. The van der Waals surface area contributed by atoms with E-state index in [1.165, 1.54) is 6.07 Å². The Balaban J connectivity index is 0.884. The lowest BCUT2D eigenvalue weighted by Gasteiger charge is -2.42. The molecular formula is C43H51F3N8O5S. The summed E-state index contributed by atoms with van der Waals surface area (Å²) in [6.45, 7) is 8.66. The van der Waals surface area contributed by atoms with E-state index in [2.05, 4.69) is 34.1 Å². The number of benzene rings is 1. The van der Waals surface area contributed by atoms with Crippen LogP contribution in [0.15, 0.2) is 30.5 Å². The second kappa shape index (κ2) is 16.9. The van der Waals surface area contributed by atoms with E-state index in [0.717, 1.165) is 78.6 Å². The SMILES string of the molecule is C[C@@H]1CC(OCCC2CCC(N3C(=S)N(c4cnc(C#N)c(C(F)(F)F)c4)C(=O)C3(C)C)CC2)C[C@H](C)N1CC(=O)Cc1cccc2c(C3CCC(=O)NC3=O)nn(C)c12. The highest BCUT2D eigenvalue weighted by Gasteiger charge is 2.53. The van der Waals surface area contributed by atoms with E-state index in [4.69, 9.17) is 17.0 Å². The summed E-state index contributed by atoms with van der Waals surface area (Å²) >= 11 is 5.74. The van der Waals surface area contributed by atoms with Crippen LogP contribution >= 0.6 is 12.2 Å². The number of aromatic nitrogens is 3. The Bertz CT molecular complexity index is 2230. The average Bonchev–Trinajstić information content (AvgIpc) is 3.61. The van der Waals surface area contributed by atoms with Gasteiger partial charge in [0, 0.05) is 50.0 Å². The zero-order valence-corrected chi connectivity index (χ0v) is 35.4. The van der Waals surface area contributed by atoms with Gasteiger partial charge in [-0.05, 0) is 109 Å². The number of amides is 3. The standard InChI is InChI=1S/C43H51F3N8O5S/c1-24-17-31(18-25(2)52(24)23-30(55)19-27-7-6-8-32-37(50-51(5)38(27)32)33-13-14-36(56)49-39(33)57)59-16-15-26-9-11-28(12-10-26)54-41(60)53(40(58)42(54,3)4)29-20-34(43(44,45)46)35(21-47)48-22-29/h6-8,20,22,24-26,28,31,33H,9-19,23H2,1-5H3,(H,49,56,57)/t24-,25+,26?,28?,31?,33?. The van der Waals surface area contributed by atoms with Crippen molar-refractivity contribution >= 4 is 57.4 Å². The number of fused-ring (bicyclic) bond motifs is 1. The molecule has 3 aliphatic heterocycles. The number of nitrogens with one attached hydrogen (secondary N) is 1. The molecule has 1 aromatic carbocycles. The smallest absolute Gasteiger partial charge is 0.378 e. The van der Waals surface area contributed by atoms with E-state index >= 15 is 0 Å². The summed E-state index contributed by atoms with van der Waals surface area (Å²) in [5, 5.41) is 17.2. The fourth-order valence-corrected chi connectivity index (χ4v) is 10.5. The molecule has 5 heterocycles. The molecule has 3 aromatic rings. The van der Waals surface area contributed by atoms with Crippen molar-refractivity contribution < 1.29 is 37.1 Å². The van der Waals surface area contributed by atoms with E-state index in [9.17, 15) is 37.6 Å². The van der Waals surface area contributed by atoms with Gasteiger partial charge < -0.3 is 9.64 Å². The topological polar surface area (TPSA) is 154 Å². The zero-order valence-electron chi connectivity index (χ0n) is 34.6. The number of nitrogens with zero attached hydrogens (tertiary/aromatic N) is 7. The van der Waals surface area contributed by atoms with Crippen LogP contribution in [0, 0.1) is 17.2 Å².